The standard InChI is InChI=1S/C22H29N/c1-17-9-7-14-22(18(17)2)23(3)16-15-21(20-12-8-13-20)19-10-5-4-6-11-19/h4-7,9-11,14,20-21H,8,12-13,15-16H2,1-3H3. The van der Waals surface area contributed by atoms with Gasteiger partial charge in [-0.15, -0.1) is 0 Å². The van der Waals surface area contributed by atoms with Crippen LogP contribution >= 0.6 is 0 Å². The van der Waals surface area contributed by atoms with Gasteiger partial charge < -0.3 is 4.90 Å². The van der Waals surface area contributed by atoms with E-state index in [2.05, 4.69) is 74.3 Å². The Balaban J connectivity index is 1.70. The van der Waals surface area contributed by atoms with Gasteiger partial charge in [0.15, 0.2) is 0 Å². The quantitative estimate of drug-likeness (QED) is 0.660. The highest BCUT2D eigenvalue weighted by Crippen LogP contribution is 2.41. The largest absolute Gasteiger partial charge is 0.374 e. The van der Waals surface area contributed by atoms with E-state index in [4.69, 9.17) is 0 Å². The summed E-state index contributed by atoms with van der Waals surface area (Å²) in [5.74, 6) is 1.61. The topological polar surface area (TPSA) is 3.24 Å². The Labute approximate surface area is 141 Å². The monoisotopic (exact) mass is 307 g/mol. The summed E-state index contributed by atoms with van der Waals surface area (Å²) in [6.07, 6.45) is 5.49. The molecule has 1 nitrogen and oxygen atoms in total. The average molecular weight is 307 g/mol. The SMILES string of the molecule is Cc1cccc(N(C)CCC(c2ccccc2)C2CCC2)c1C. The summed E-state index contributed by atoms with van der Waals surface area (Å²) >= 11 is 0. The number of aryl methyl sites for hydroxylation is 1. The van der Waals surface area contributed by atoms with E-state index >= 15 is 0 Å². The van der Waals surface area contributed by atoms with E-state index < -0.39 is 0 Å². The first-order chi connectivity index (χ1) is 11.2. The Hall–Kier alpha value is -1.76. The van der Waals surface area contributed by atoms with Crippen LogP contribution in [-0.2, 0) is 0 Å². The molecule has 1 unspecified atom stereocenters. The molecule has 0 aliphatic heterocycles. The molecule has 2 aromatic rings. The fraction of sp³-hybridized carbons (Fsp3) is 0.455. The number of benzene rings is 2. The van der Waals surface area contributed by atoms with Crippen molar-refractivity contribution >= 4 is 5.69 Å². The Morgan fingerprint density at radius 1 is 1.00 bits per heavy atom. The van der Waals surface area contributed by atoms with Crippen molar-refractivity contribution in [3.05, 3.63) is 65.2 Å². The van der Waals surface area contributed by atoms with Crippen LogP contribution in [0.3, 0.4) is 0 Å². The number of hydrogen-bond acceptors (Lipinski definition) is 1. The van der Waals surface area contributed by atoms with E-state index in [0.29, 0.717) is 0 Å². The van der Waals surface area contributed by atoms with Gasteiger partial charge in [-0.3, -0.25) is 0 Å². The number of nitrogens with zero attached hydrogens (tertiary/aromatic N) is 1. The predicted octanol–water partition coefficient (Wildman–Crippen LogP) is 5.71. The van der Waals surface area contributed by atoms with Crippen molar-refractivity contribution < 1.29 is 0 Å². The van der Waals surface area contributed by atoms with Crippen molar-refractivity contribution in [1.82, 2.24) is 0 Å². The van der Waals surface area contributed by atoms with Crippen molar-refractivity contribution in [3.63, 3.8) is 0 Å². The van der Waals surface area contributed by atoms with E-state index in [0.717, 1.165) is 18.4 Å². The fourth-order valence-electron chi connectivity index (χ4n) is 3.82. The highest BCUT2D eigenvalue weighted by Gasteiger charge is 2.28. The zero-order valence-electron chi connectivity index (χ0n) is 14.8. The first-order valence-corrected chi connectivity index (χ1v) is 8.99. The molecular weight excluding hydrogens is 278 g/mol. The van der Waals surface area contributed by atoms with Crippen LogP contribution in [0, 0.1) is 19.8 Å². The van der Waals surface area contributed by atoms with E-state index in [1.54, 1.807) is 0 Å². The van der Waals surface area contributed by atoms with Crippen LogP contribution in [0.1, 0.15) is 48.3 Å². The van der Waals surface area contributed by atoms with Gasteiger partial charge >= 0.3 is 0 Å². The molecule has 0 aromatic heterocycles. The molecule has 0 spiro atoms. The van der Waals surface area contributed by atoms with E-state index in [-0.39, 0.29) is 0 Å². The lowest BCUT2D eigenvalue weighted by Gasteiger charge is -2.35. The van der Waals surface area contributed by atoms with Gasteiger partial charge in [-0.1, -0.05) is 48.9 Å². The maximum Gasteiger partial charge on any atom is 0.0395 e. The van der Waals surface area contributed by atoms with Gasteiger partial charge in [0.2, 0.25) is 0 Å². The second-order valence-electron chi connectivity index (χ2n) is 7.14. The Morgan fingerprint density at radius 2 is 1.74 bits per heavy atom. The van der Waals surface area contributed by atoms with Crippen LogP contribution in [0.4, 0.5) is 5.69 Å². The van der Waals surface area contributed by atoms with E-state index in [1.807, 2.05) is 0 Å². The van der Waals surface area contributed by atoms with Gasteiger partial charge in [0, 0.05) is 19.3 Å². The zero-order chi connectivity index (χ0) is 16.2. The summed E-state index contributed by atoms with van der Waals surface area (Å²) in [4.78, 5) is 2.44. The summed E-state index contributed by atoms with van der Waals surface area (Å²) in [5, 5.41) is 0. The molecule has 0 saturated heterocycles. The molecule has 3 rings (SSSR count). The van der Waals surface area contributed by atoms with Gasteiger partial charge in [-0.2, -0.15) is 0 Å². The summed E-state index contributed by atoms with van der Waals surface area (Å²) < 4.78 is 0. The van der Waals surface area contributed by atoms with Crippen LogP contribution in [0.25, 0.3) is 0 Å². The molecule has 1 atom stereocenters. The van der Waals surface area contributed by atoms with Crippen molar-refractivity contribution in [2.75, 3.05) is 18.5 Å². The second kappa shape index (κ2) is 7.21. The average Bonchev–Trinajstić information content (AvgIpc) is 2.52. The second-order valence-corrected chi connectivity index (χ2v) is 7.14. The minimum atomic E-state index is 0.720. The first kappa shape index (κ1) is 16.1. The van der Waals surface area contributed by atoms with Gasteiger partial charge in [-0.25, -0.2) is 0 Å². The van der Waals surface area contributed by atoms with Crippen LogP contribution in [-0.4, -0.2) is 13.6 Å². The summed E-state index contributed by atoms with van der Waals surface area (Å²) in [6.45, 7) is 5.57. The molecule has 1 heteroatoms. The molecule has 0 amide bonds. The third-order valence-corrected chi connectivity index (χ3v) is 5.71. The predicted molar refractivity (Wildman–Crippen MR) is 100 cm³/mol. The fourth-order valence-corrected chi connectivity index (χ4v) is 3.82. The number of hydrogen-bond donors (Lipinski definition) is 0. The summed E-state index contributed by atoms with van der Waals surface area (Å²) in [7, 11) is 2.24. The number of rotatable bonds is 6. The minimum absolute atomic E-state index is 0.720. The number of anilines is 1. The lowest BCUT2D eigenvalue weighted by molar-refractivity contribution is 0.253. The molecular formula is C22H29N. The highest BCUT2D eigenvalue weighted by atomic mass is 15.1. The van der Waals surface area contributed by atoms with Crippen molar-refractivity contribution in [3.8, 4) is 0 Å². The third kappa shape index (κ3) is 3.60. The first-order valence-electron chi connectivity index (χ1n) is 8.99. The van der Waals surface area contributed by atoms with E-state index in [1.165, 1.54) is 48.1 Å². The molecule has 0 N–H and O–H groups in total. The summed E-state index contributed by atoms with van der Waals surface area (Å²) in [5.41, 5.74) is 5.71. The van der Waals surface area contributed by atoms with Gasteiger partial charge in [-0.05, 0) is 67.7 Å². The molecule has 2 aromatic carbocycles. The summed E-state index contributed by atoms with van der Waals surface area (Å²) in [6, 6.07) is 17.8. The highest BCUT2D eigenvalue weighted by molar-refractivity contribution is 5.55. The lowest BCUT2D eigenvalue weighted by atomic mass is 9.71. The lowest BCUT2D eigenvalue weighted by Crippen LogP contribution is -2.26. The molecule has 1 fully saturated rings. The van der Waals surface area contributed by atoms with Crippen molar-refractivity contribution in [2.24, 2.45) is 5.92 Å². The zero-order valence-corrected chi connectivity index (χ0v) is 14.8. The van der Waals surface area contributed by atoms with Crippen LogP contribution < -0.4 is 4.90 Å². The Kier molecular flexibility index (Phi) is 5.05. The molecule has 122 valence electrons. The van der Waals surface area contributed by atoms with Gasteiger partial charge in [0.25, 0.3) is 0 Å². The molecule has 0 heterocycles. The smallest absolute Gasteiger partial charge is 0.0395 e. The van der Waals surface area contributed by atoms with Crippen molar-refractivity contribution in [2.45, 2.75) is 45.4 Å². The normalized spacial score (nSPS) is 16.0. The minimum Gasteiger partial charge on any atom is -0.374 e. The van der Waals surface area contributed by atoms with Crippen LogP contribution in [0.2, 0.25) is 0 Å². The molecule has 0 bridgehead atoms. The Bertz CT molecular complexity index is 628. The van der Waals surface area contributed by atoms with Crippen LogP contribution in [0.5, 0.6) is 0 Å². The van der Waals surface area contributed by atoms with Gasteiger partial charge in [0.1, 0.15) is 0 Å². The Morgan fingerprint density at radius 3 is 2.39 bits per heavy atom. The van der Waals surface area contributed by atoms with Crippen LogP contribution in [0.15, 0.2) is 48.5 Å². The van der Waals surface area contributed by atoms with E-state index in [9.17, 15) is 0 Å². The molecule has 1 saturated carbocycles. The van der Waals surface area contributed by atoms with Gasteiger partial charge in [0.05, 0.1) is 0 Å². The maximum atomic E-state index is 2.44. The molecule has 23 heavy (non-hydrogen) atoms. The maximum absolute atomic E-state index is 2.44. The molecule has 0 radical (unpaired) electrons. The molecule has 1 aliphatic rings. The van der Waals surface area contributed by atoms with Crippen molar-refractivity contribution in [1.29, 1.82) is 0 Å². The third-order valence-electron chi connectivity index (χ3n) is 5.71. The molecule has 1 aliphatic carbocycles.